The Morgan fingerprint density at radius 1 is 1.20 bits per heavy atom. The average molecular weight is 132 g/mol. The molecule has 54 valence electrons. The second kappa shape index (κ2) is 4.47. The van der Waals surface area contributed by atoms with Crippen molar-refractivity contribution in [2.45, 2.75) is 50.0 Å². The molecule has 0 aliphatic heterocycles. The van der Waals surface area contributed by atoms with E-state index in [0.29, 0.717) is 0 Å². The molecule has 10 heavy (non-hydrogen) atoms. The molecule has 0 bridgehead atoms. The molecule has 1 heteroatoms. The minimum absolute atomic E-state index is 1.02. The molecule has 0 heterocycles. The van der Waals surface area contributed by atoms with Crippen LogP contribution in [0.5, 0.6) is 0 Å². The molecule has 0 spiro atoms. The fourth-order valence-corrected chi connectivity index (χ4v) is 2.03. The maximum absolute atomic E-state index is 2.39. The van der Waals surface area contributed by atoms with E-state index in [9.17, 15) is 0 Å². The third kappa shape index (κ3) is 2.68. The van der Waals surface area contributed by atoms with Crippen molar-refractivity contribution in [3.05, 3.63) is 0 Å². The van der Waals surface area contributed by atoms with Crippen LogP contribution in [0.15, 0.2) is 0 Å². The van der Waals surface area contributed by atoms with Crippen molar-refractivity contribution in [1.29, 1.82) is 0 Å². The Hall–Kier alpha value is 0.597. The van der Waals surface area contributed by atoms with Crippen LogP contribution in [-0.2, 0) is 0 Å². The van der Waals surface area contributed by atoms with E-state index < -0.39 is 0 Å². The average Bonchev–Trinajstić information content (AvgIpc) is 1.95. The summed E-state index contributed by atoms with van der Waals surface area (Å²) >= 11 is 2.39. The molecule has 0 nitrogen and oxygen atoms in total. The summed E-state index contributed by atoms with van der Waals surface area (Å²) in [5.74, 6) is 1.08. The van der Waals surface area contributed by atoms with E-state index in [4.69, 9.17) is 0 Å². The van der Waals surface area contributed by atoms with E-state index >= 15 is 0 Å². The van der Waals surface area contributed by atoms with Gasteiger partial charge in [-0.1, -0.05) is 0 Å². The first-order valence-electron chi connectivity index (χ1n) is 4.83. The zero-order chi connectivity index (χ0) is 7.40. The Labute approximate surface area is 74.0 Å². The van der Waals surface area contributed by atoms with Crippen LogP contribution in [-0.4, -0.2) is 17.7 Å². The summed E-state index contributed by atoms with van der Waals surface area (Å²) in [5.41, 5.74) is 0. The fraction of sp³-hybridized carbons (Fsp3) is 1.00. The molecule has 1 aliphatic carbocycles. The number of hydrogen-bond donors (Lipinski definition) is 0. The molecular formula is C9H17Li. The Bertz CT molecular complexity index is 82.7. The molecule has 0 amide bonds. The Balaban J connectivity index is 2.13. The molecule has 0 unspecified atom stereocenters. The summed E-state index contributed by atoms with van der Waals surface area (Å²) in [5, 5.41) is 0. The van der Waals surface area contributed by atoms with Crippen LogP contribution in [0.4, 0.5) is 0 Å². The molecular weight excluding hydrogens is 115 g/mol. The van der Waals surface area contributed by atoms with E-state index in [2.05, 4.69) is 24.6 Å². The summed E-state index contributed by atoms with van der Waals surface area (Å²) in [7, 11) is 0. The summed E-state index contributed by atoms with van der Waals surface area (Å²) in [6, 6.07) is 0. The van der Waals surface area contributed by atoms with Crippen LogP contribution >= 0.6 is 0 Å². The van der Waals surface area contributed by atoms with Gasteiger partial charge in [-0.05, 0) is 0 Å². The van der Waals surface area contributed by atoms with Crippen molar-refractivity contribution in [2.24, 2.45) is 5.92 Å². The van der Waals surface area contributed by atoms with Crippen molar-refractivity contribution in [2.75, 3.05) is 0 Å². The second-order valence-electron chi connectivity index (χ2n) is 3.91. The van der Waals surface area contributed by atoms with Gasteiger partial charge in [0.05, 0.1) is 0 Å². The van der Waals surface area contributed by atoms with Gasteiger partial charge in [0.15, 0.2) is 0 Å². The second-order valence-corrected chi connectivity index (χ2v) is 3.91. The van der Waals surface area contributed by atoms with E-state index in [1.165, 1.54) is 38.5 Å². The van der Waals surface area contributed by atoms with Crippen LogP contribution in [0.3, 0.4) is 0 Å². The Morgan fingerprint density at radius 2 is 1.80 bits per heavy atom. The van der Waals surface area contributed by atoms with Crippen LogP contribution < -0.4 is 0 Å². The van der Waals surface area contributed by atoms with E-state index in [0.717, 1.165) is 10.5 Å². The maximum atomic E-state index is 2.39. The summed E-state index contributed by atoms with van der Waals surface area (Å²) in [4.78, 5) is 0. The first-order chi connectivity index (χ1) is 4.83. The van der Waals surface area contributed by atoms with Gasteiger partial charge in [0.25, 0.3) is 0 Å². The van der Waals surface area contributed by atoms with Gasteiger partial charge in [-0.15, -0.1) is 0 Å². The molecule has 0 radical (unpaired) electrons. The van der Waals surface area contributed by atoms with Crippen molar-refractivity contribution in [3.63, 3.8) is 0 Å². The molecule has 0 saturated heterocycles. The Kier molecular flexibility index (Phi) is 3.89. The van der Waals surface area contributed by atoms with E-state index in [-0.39, 0.29) is 0 Å². The quantitative estimate of drug-likeness (QED) is 0.507. The third-order valence-corrected chi connectivity index (χ3v) is 2.83. The van der Waals surface area contributed by atoms with Gasteiger partial charge in [0, 0.05) is 0 Å². The molecule has 1 fully saturated rings. The number of hydrogen-bond acceptors (Lipinski definition) is 0. The van der Waals surface area contributed by atoms with Gasteiger partial charge in [-0.2, -0.15) is 0 Å². The molecule has 0 atom stereocenters. The molecule has 0 N–H and O–H groups in total. The molecule has 1 rings (SSSR count). The van der Waals surface area contributed by atoms with Gasteiger partial charge < -0.3 is 0 Å². The van der Waals surface area contributed by atoms with Crippen LogP contribution in [0.1, 0.15) is 45.4 Å². The zero-order valence-corrected chi connectivity index (χ0v) is 7.40. The first kappa shape index (κ1) is 8.69. The van der Waals surface area contributed by atoms with E-state index in [1.54, 1.807) is 0 Å². The monoisotopic (exact) mass is 132 g/mol. The molecule has 0 aromatic carbocycles. The first-order valence-corrected chi connectivity index (χ1v) is 4.83. The molecule has 1 aliphatic rings. The van der Waals surface area contributed by atoms with Gasteiger partial charge >= 0.3 is 73.7 Å². The van der Waals surface area contributed by atoms with Crippen LogP contribution in [0, 0.1) is 5.92 Å². The van der Waals surface area contributed by atoms with Gasteiger partial charge in [-0.3, -0.25) is 0 Å². The van der Waals surface area contributed by atoms with Crippen LogP contribution in [0.2, 0.25) is 4.59 Å². The molecule has 0 aromatic rings. The van der Waals surface area contributed by atoms with Crippen LogP contribution in [0.25, 0.3) is 0 Å². The Morgan fingerprint density at radius 3 is 2.30 bits per heavy atom. The molecule has 0 aromatic heterocycles. The normalized spacial score (nSPS) is 34.3. The SMILES string of the molecule is [Li][CH]1CCC(CCC)CC1. The summed E-state index contributed by atoms with van der Waals surface area (Å²) in [6.45, 7) is 2.30. The van der Waals surface area contributed by atoms with Crippen molar-refractivity contribution < 1.29 is 0 Å². The molecule has 1 saturated carbocycles. The predicted molar refractivity (Wildman–Crippen MR) is 46.4 cm³/mol. The summed E-state index contributed by atoms with van der Waals surface area (Å²) < 4.78 is 1.02. The fourth-order valence-electron chi connectivity index (χ4n) is 2.03. The summed E-state index contributed by atoms with van der Waals surface area (Å²) in [6.07, 6.45) is 8.87. The predicted octanol–water partition coefficient (Wildman–Crippen LogP) is 2.93. The minimum atomic E-state index is 1.02. The van der Waals surface area contributed by atoms with Crippen molar-refractivity contribution in [1.82, 2.24) is 0 Å². The third-order valence-electron chi connectivity index (χ3n) is 2.83. The van der Waals surface area contributed by atoms with Crippen molar-refractivity contribution >= 4 is 17.7 Å². The van der Waals surface area contributed by atoms with Gasteiger partial charge in [-0.25, -0.2) is 0 Å². The van der Waals surface area contributed by atoms with Gasteiger partial charge in [0.1, 0.15) is 0 Å². The van der Waals surface area contributed by atoms with Gasteiger partial charge in [0.2, 0.25) is 0 Å². The zero-order valence-electron chi connectivity index (χ0n) is 7.40. The van der Waals surface area contributed by atoms with Crippen molar-refractivity contribution in [3.8, 4) is 0 Å². The van der Waals surface area contributed by atoms with E-state index in [1.807, 2.05) is 0 Å². The topological polar surface area (TPSA) is 0 Å². The number of rotatable bonds is 2. The standard InChI is InChI=1S/C9H17.Li/c1-2-6-9-7-4-3-5-8-9;/h3,9H,2,4-8H2,1H3;.